The molecule has 74 valence electrons. The molecule has 1 aliphatic rings. The number of rotatable bonds is 3. The van der Waals surface area contributed by atoms with E-state index in [4.69, 9.17) is 0 Å². The van der Waals surface area contributed by atoms with Gasteiger partial charge >= 0.3 is 0 Å². The maximum Gasteiger partial charge on any atom is 0.237 e. The van der Waals surface area contributed by atoms with Gasteiger partial charge in [-0.05, 0) is 12.8 Å². The molecule has 0 heterocycles. The number of hydrazine groups is 1. The molecule has 0 unspecified atom stereocenters. The predicted molar refractivity (Wildman–Crippen MR) is 48.6 cm³/mol. The third kappa shape index (κ3) is 2.20. The van der Waals surface area contributed by atoms with Crippen LogP contribution in [0.2, 0.25) is 0 Å². The SMILES string of the molecule is CC(=O)N(C)N(C=O)C1CCCC1. The molecule has 0 bridgehead atoms. The molecule has 0 saturated heterocycles. The van der Waals surface area contributed by atoms with Crippen LogP contribution < -0.4 is 0 Å². The first-order chi connectivity index (χ1) is 6.16. The van der Waals surface area contributed by atoms with Gasteiger partial charge in [-0.25, -0.2) is 0 Å². The van der Waals surface area contributed by atoms with Gasteiger partial charge in [0.05, 0.1) is 6.04 Å². The first-order valence-electron chi connectivity index (χ1n) is 4.64. The van der Waals surface area contributed by atoms with Crippen molar-refractivity contribution in [2.24, 2.45) is 0 Å². The Hall–Kier alpha value is -1.06. The zero-order valence-electron chi connectivity index (χ0n) is 8.19. The topological polar surface area (TPSA) is 40.6 Å². The van der Waals surface area contributed by atoms with E-state index in [1.54, 1.807) is 7.05 Å². The van der Waals surface area contributed by atoms with Crippen molar-refractivity contribution in [3.05, 3.63) is 0 Å². The van der Waals surface area contributed by atoms with Gasteiger partial charge in [0.2, 0.25) is 12.3 Å². The Morgan fingerprint density at radius 2 is 1.92 bits per heavy atom. The molecule has 0 atom stereocenters. The molecule has 1 fully saturated rings. The van der Waals surface area contributed by atoms with E-state index >= 15 is 0 Å². The lowest BCUT2D eigenvalue weighted by Gasteiger charge is -2.32. The van der Waals surface area contributed by atoms with Crippen LogP contribution in [0, 0.1) is 0 Å². The molecule has 0 aromatic rings. The molecule has 0 aliphatic heterocycles. The number of carbonyl (C=O) groups is 2. The highest BCUT2D eigenvalue weighted by Gasteiger charge is 2.25. The van der Waals surface area contributed by atoms with Crippen LogP contribution in [0.3, 0.4) is 0 Å². The van der Waals surface area contributed by atoms with Gasteiger partial charge in [0.1, 0.15) is 0 Å². The number of hydrogen-bond acceptors (Lipinski definition) is 2. The quantitative estimate of drug-likeness (QED) is 0.480. The normalized spacial score (nSPS) is 17.1. The van der Waals surface area contributed by atoms with Crippen molar-refractivity contribution in [2.45, 2.75) is 38.6 Å². The number of carbonyl (C=O) groups excluding carboxylic acids is 2. The molecule has 4 heteroatoms. The molecule has 1 rings (SSSR count). The summed E-state index contributed by atoms with van der Waals surface area (Å²) in [6, 6.07) is 0.228. The maximum absolute atomic E-state index is 11.0. The Morgan fingerprint density at radius 3 is 2.31 bits per heavy atom. The third-order valence-electron chi connectivity index (χ3n) is 2.61. The minimum Gasteiger partial charge on any atom is -0.277 e. The van der Waals surface area contributed by atoms with Crippen molar-refractivity contribution in [3.63, 3.8) is 0 Å². The van der Waals surface area contributed by atoms with Crippen molar-refractivity contribution in [1.82, 2.24) is 10.0 Å². The Morgan fingerprint density at radius 1 is 1.38 bits per heavy atom. The molecule has 2 amide bonds. The van der Waals surface area contributed by atoms with Gasteiger partial charge in [0, 0.05) is 14.0 Å². The standard InChI is InChI=1S/C9H16N2O2/c1-8(13)10(2)11(7-12)9-5-3-4-6-9/h7,9H,3-6H2,1-2H3. The molecule has 0 spiro atoms. The zero-order valence-corrected chi connectivity index (χ0v) is 8.19. The zero-order chi connectivity index (χ0) is 9.84. The lowest BCUT2D eigenvalue weighted by atomic mass is 10.2. The largest absolute Gasteiger partial charge is 0.277 e. The van der Waals surface area contributed by atoms with Gasteiger partial charge in [-0.3, -0.25) is 19.6 Å². The molecule has 0 aromatic carbocycles. The van der Waals surface area contributed by atoms with E-state index in [2.05, 4.69) is 0 Å². The fraction of sp³-hybridized carbons (Fsp3) is 0.778. The van der Waals surface area contributed by atoms with E-state index < -0.39 is 0 Å². The second kappa shape index (κ2) is 4.25. The first kappa shape index (κ1) is 10.0. The van der Waals surface area contributed by atoms with Crippen molar-refractivity contribution >= 4 is 12.3 Å². The van der Waals surface area contributed by atoms with E-state index in [0.29, 0.717) is 0 Å². The molecule has 13 heavy (non-hydrogen) atoms. The summed E-state index contributed by atoms with van der Waals surface area (Å²) in [4.78, 5) is 21.8. The summed E-state index contributed by atoms with van der Waals surface area (Å²) in [7, 11) is 1.63. The average molecular weight is 184 g/mol. The summed E-state index contributed by atoms with van der Waals surface area (Å²) in [5.74, 6) is -0.0981. The molecular weight excluding hydrogens is 168 g/mol. The second-order valence-corrected chi connectivity index (χ2v) is 3.47. The summed E-state index contributed by atoms with van der Waals surface area (Å²) in [6.07, 6.45) is 5.08. The highest BCUT2D eigenvalue weighted by Crippen LogP contribution is 2.23. The average Bonchev–Trinajstić information content (AvgIpc) is 2.58. The Kier molecular flexibility index (Phi) is 3.28. The highest BCUT2D eigenvalue weighted by atomic mass is 16.2. The van der Waals surface area contributed by atoms with Crippen LogP contribution in [0.25, 0.3) is 0 Å². The van der Waals surface area contributed by atoms with Crippen LogP contribution >= 0.6 is 0 Å². The molecular formula is C9H16N2O2. The molecule has 0 aromatic heterocycles. The van der Waals surface area contributed by atoms with Gasteiger partial charge in [-0.2, -0.15) is 0 Å². The highest BCUT2D eigenvalue weighted by molar-refractivity contribution is 5.74. The van der Waals surface area contributed by atoms with Crippen LogP contribution in [0.1, 0.15) is 32.6 Å². The fourth-order valence-corrected chi connectivity index (χ4v) is 1.73. The lowest BCUT2D eigenvalue weighted by Crippen LogP contribution is -2.47. The third-order valence-corrected chi connectivity index (χ3v) is 2.61. The summed E-state index contributed by atoms with van der Waals surface area (Å²) >= 11 is 0. The summed E-state index contributed by atoms with van der Waals surface area (Å²) in [6.45, 7) is 1.46. The number of amides is 2. The molecule has 0 radical (unpaired) electrons. The van der Waals surface area contributed by atoms with Crippen LogP contribution in [-0.4, -0.2) is 35.4 Å². The van der Waals surface area contributed by atoms with Crippen molar-refractivity contribution in [2.75, 3.05) is 7.05 Å². The summed E-state index contributed by atoms with van der Waals surface area (Å²) < 4.78 is 0. The van der Waals surface area contributed by atoms with Gasteiger partial charge < -0.3 is 0 Å². The Balaban J connectivity index is 2.59. The molecule has 1 saturated carbocycles. The molecule has 0 N–H and O–H groups in total. The Labute approximate surface area is 78.5 Å². The van der Waals surface area contributed by atoms with Crippen LogP contribution in [0.5, 0.6) is 0 Å². The molecule has 4 nitrogen and oxygen atoms in total. The van der Waals surface area contributed by atoms with Gasteiger partial charge in [0.25, 0.3) is 0 Å². The minimum atomic E-state index is -0.0981. The minimum absolute atomic E-state index is 0.0981. The van der Waals surface area contributed by atoms with Crippen LogP contribution in [0.4, 0.5) is 0 Å². The first-order valence-corrected chi connectivity index (χ1v) is 4.64. The van der Waals surface area contributed by atoms with Crippen molar-refractivity contribution in [3.8, 4) is 0 Å². The van der Waals surface area contributed by atoms with E-state index in [0.717, 1.165) is 32.1 Å². The monoisotopic (exact) mass is 184 g/mol. The number of hydrogen-bond donors (Lipinski definition) is 0. The van der Waals surface area contributed by atoms with Crippen molar-refractivity contribution in [1.29, 1.82) is 0 Å². The fourth-order valence-electron chi connectivity index (χ4n) is 1.73. The van der Waals surface area contributed by atoms with Gasteiger partial charge in [-0.1, -0.05) is 12.8 Å². The summed E-state index contributed by atoms with van der Waals surface area (Å²) in [5, 5.41) is 2.90. The van der Waals surface area contributed by atoms with Crippen molar-refractivity contribution < 1.29 is 9.59 Å². The predicted octanol–water partition coefficient (Wildman–Crippen LogP) is 0.781. The van der Waals surface area contributed by atoms with Gasteiger partial charge in [-0.15, -0.1) is 0 Å². The van der Waals surface area contributed by atoms with Gasteiger partial charge in [0.15, 0.2) is 0 Å². The molecule has 1 aliphatic carbocycles. The van der Waals surface area contributed by atoms with E-state index in [-0.39, 0.29) is 11.9 Å². The lowest BCUT2D eigenvalue weighted by molar-refractivity contribution is -0.155. The van der Waals surface area contributed by atoms with Crippen LogP contribution in [-0.2, 0) is 9.59 Å². The Bertz CT molecular complexity index is 200. The van der Waals surface area contributed by atoms with E-state index in [1.165, 1.54) is 16.9 Å². The number of nitrogens with zero attached hydrogens (tertiary/aromatic N) is 2. The summed E-state index contributed by atoms with van der Waals surface area (Å²) in [5.41, 5.74) is 0. The maximum atomic E-state index is 11.0. The van der Waals surface area contributed by atoms with E-state index in [9.17, 15) is 9.59 Å². The van der Waals surface area contributed by atoms with Crippen LogP contribution in [0.15, 0.2) is 0 Å². The smallest absolute Gasteiger partial charge is 0.237 e. The second-order valence-electron chi connectivity index (χ2n) is 3.47. The van der Waals surface area contributed by atoms with E-state index in [1.807, 2.05) is 0 Å².